The molecule has 0 spiro atoms. The Bertz CT molecular complexity index is 357. The maximum absolute atomic E-state index is 10.4. The predicted octanol–water partition coefficient (Wildman–Crippen LogP) is 1.95. The number of carbonyl (C=O) groups is 1. The van der Waals surface area contributed by atoms with Gasteiger partial charge in [-0.05, 0) is 27.9 Å². The summed E-state index contributed by atoms with van der Waals surface area (Å²) in [5, 5.41) is 8.59. The lowest BCUT2D eigenvalue weighted by molar-refractivity contribution is -0.139. The molecule has 82 valence electrons. The number of carboxylic acids is 1. The Morgan fingerprint density at radius 2 is 2.40 bits per heavy atom. The van der Waals surface area contributed by atoms with Crippen LogP contribution in [-0.2, 0) is 11.3 Å². The SMILES string of the molecule is O=C(O)CC1CN(Cc2occc2Br)C1. The highest BCUT2D eigenvalue weighted by Crippen LogP contribution is 2.25. The molecule has 0 bridgehead atoms. The average molecular weight is 274 g/mol. The standard InChI is InChI=1S/C10H12BrNO3/c11-8-1-2-15-9(8)6-12-4-7(5-12)3-10(13)14/h1-2,7H,3-6H2,(H,13,14). The van der Waals surface area contributed by atoms with E-state index in [1.165, 1.54) is 0 Å². The summed E-state index contributed by atoms with van der Waals surface area (Å²) in [4.78, 5) is 12.6. The Labute approximate surface area is 96.0 Å². The Kier molecular flexibility index (Phi) is 3.11. The highest BCUT2D eigenvalue weighted by Gasteiger charge is 2.29. The summed E-state index contributed by atoms with van der Waals surface area (Å²) in [5.74, 6) is 0.499. The highest BCUT2D eigenvalue weighted by atomic mass is 79.9. The third-order valence-electron chi connectivity index (χ3n) is 2.55. The number of hydrogen-bond acceptors (Lipinski definition) is 3. The zero-order chi connectivity index (χ0) is 10.8. The van der Waals surface area contributed by atoms with Crippen molar-refractivity contribution in [2.24, 2.45) is 5.92 Å². The van der Waals surface area contributed by atoms with Crippen molar-refractivity contribution in [3.8, 4) is 0 Å². The number of likely N-dealkylation sites (tertiary alicyclic amines) is 1. The van der Waals surface area contributed by atoms with Gasteiger partial charge in [-0.15, -0.1) is 0 Å². The van der Waals surface area contributed by atoms with Gasteiger partial charge in [-0.3, -0.25) is 9.69 Å². The molecule has 1 saturated heterocycles. The van der Waals surface area contributed by atoms with Crippen molar-refractivity contribution in [1.29, 1.82) is 0 Å². The van der Waals surface area contributed by atoms with Crippen LogP contribution in [0.2, 0.25) is 0 Å². The molecule has 1 fully saturated rings. The summed E-state index contributed by atoms with van der Waals surface area (Å²) in [6.45, 7) is 2.45. The molecule has 0 amide bonds. The first-order valence-electron chi connectivity index (χ1n) is 4.81. The molecule has 0 radical (unpaired) electrons. The molecule has 1 aliphatic rings. The van der Waals surface area contributed by atoms with E-state index in [2.05, 4.69) is 20.8 Å². The summed E-state index contributed by atoms with van der Waals surface area (Å²) < 4.78 is 6.26. The molecule has 5 heteroatoms. The number of rotatable bonds is 4. The molecule has 2 heterocycles. The second kappa shape index (κ2) is 4.37. The molecule has 2 rings (SSSR count). The molecule has 15 heavy (non-hydrogen) atoms. The number of aliphatic carboxylic acids is 1. The van der Waals surface area contributed by atoms with Gasteiger partial charge in [0, 0.05) is 13.1 Å². The first kappa shape index (κ1) is 10.7. The van der Waals surface area contributed by atoms with Crippen molar-refractivity contribution >= 4 is 21.9 Å². The van der Waals surface area contributed by atoms with Gasteiger partial charge in [0.15, 0.2) is 0 Å². The minimum Gasteiger partial charge on any atom is -0.481 e. The first-order valence-corrected chi connectivity index (χ1v) is 5.60. The summed E-state index contributed by atoms with van der Waals surface area (Å²) in [6, 6.07) is 1.86. The predicted molar refractivity (Wildman–Crippen MR) is 57.4 cm³/mol. The fourth-order valence-corrected chi connectivity index (χ4v) is 2.15. The highest BCUT2D eigenvalue weighted by molar-refractivity contribution is 9.10. The quantitative estimate of drug-likeness (QED) is 0.911. The third kappa shape index (κ3) is 2.60. The third-order valence-corrected chi connectivity index (χ3v) is 3.26. The van der Waals surface area contributed by atoms with Crippen LogP contribution >= 0.6 is 15.9 Å². The molecule has 1 aromatic heterocycles. The van der Waals surface area contributed by atoms with E-state index in [1.54, 1.807) is 6.26 Å². The zero-order valence-electron chi connectivity index (χ0n) is 8.15. The van der Waals surface area contributed by atoms with E-state index < -0.39 is 5.97 Å². The van der Waals surface area contributed by atoms with Gasteiger partial charge in [-0.2, -0.15) is 0 Å². The van der Waals surface area contributed by atoms with E-state index in [1.807, 2.05) is 6.07 Å². The van der Waals surface area contributed by atoms with Crippen molar-refractivity contribution in [2.45, 2.75) is 13.0 Å². The van der Waals surface area contributed by atoms with Crippen LogP contribution in [-0.4, -0.2) is 29.1 Å². The smallest absolute Gasteiger partial charge is 0.303 e. The van der Waals surface area contributed by atoms with Crippen LogP contribution < -0.4 is 0 Å². The lowest BCUT2D eigenvalue weighted by atomic mass is 9.96. The van der Waals surface area contributed by atoms with Crippen LogP contribution in [0.25, 0.3) is 0 Å². The minimum atomic E-state index is -0.709. The van der Waals surface area contributed by atoms with Gasteiger partial charge < -0.3 is 9.52 Å². The zero-order valence-corrected chi connectivity index (χ0v) is 9.74. The molecule has 0 atom stereocenters. The molecule has 0 unspecified atom stereocenters. The van der Waals surface area contributed by atoms with Crippen LogP contribution in [0.5, 0.6) is 0 Å². The summed E-state index contributed by atoms with van der Waals surface area (Å²) in [6.07, 6.45) is 1.92. The van der Waals surface area contributed by atoms with Gasteiger partial charge in [-0.1, -0.05) is 0 Å². The molecule has 4 nitrogen and oxygen atoms in total. The Morgan fingerprint density at radius 3 is 2.93 bits per heavy atom. The Morgan fingerprint density at radius 1 is 1.67 bits per heavy atom. The maximum Gasteiger partial charge on any atom is 0.303 e. The van der Waals surface area contributed by atoms with Gasteiger partial charge in [0.05, 0.1) is 23.7 Å². The van der Waals surface area contributed by atoms with Gasteiger partial charge in [0.2, 0.25) is 0 Å². The summed E-state index contributed by atoms with van der Waals surface area (Å²) >= 11 is 3.39. The number of carboxylic acid groups (broad SMARTS) is 1. The summed E-state index contributed by atoms with van der Waals surface area (Å²) in [7, 11) is 0. The van der Waals surface area contributed by atoms with E-state index in [0.29, 0.717) is 5.92 Å². The van der Waals surface area contributed by atoms with Crippen molar-refractivity contribution in [3.63, 3.8) is 0 Å². The number of halogens is 1. The summed E-state index contributed by atoms with van der Waals surface area (Å²) in [5.41, 5.74) is 0. The molecule has 0 saturated carbocycles. The Hall–Kier alpha value is -0.810. The van der Waals surface area contributed by atoms with Gasteiger partial charge >= 0.3 is 5.97 Å². The monoisotopic (exact) mass is 273 g/mol. The van der Waals surface area contributed by atoms with Crippen molar-refractivity contribution in [3.05, 3.63) is 22.6 Å². The average Bonchev–Trinajstić information content (AvgIpc) is 2.47. The van der Waals surface area contributed by atoms with Gasteiger partial charge in [0.1, 0.15) is 5.76 Å². The topological polar surface area (TPSA) is 53.7 Å². The molecule has 0 aliphatic carbocycles. The molecule has 1 aliphatic heterocycles. The van der Waals surface area contributed by atoms with Crippen molar-refractivity contribution in [2.75, 3.05) is 13.1 Å². The number of hydrogen-bond donors (Lipinski definition) is 1. The van der Waals surface area contributed by atoms with E-state index >= 15 is 0 Å². The van der Waals surface area contributed by atoms with Crippen LogP contribution in [0.4, 0.5) is 0 Å². The molecule has 1 aromatic rings. The van der Waals surface area contributed by atoms with E-state index in [4.69, 9.17) is 9.52 Å². The molecular formula is C10H12BrNO3. The van der Waals surface area contributed by atoms with Gasteiger partial charge in [0.25, 0.3) is 0 Å². The lowest BCUT2D eigenvalue weighted by Gasteiger charge is -2.37. The fourth-order valence-electron chi connectivity index (χ4n) is 1.82. The largest absolute Gasteiger partial charge is 0.481 e. The number of nitrogens with zero attached hydrogens (tertiary/aromatic N) is 1. The second-order valence-electron chi connectivity index (χ2n) is 3.85. The van der Waals surface area contributed by atoms with Crippen LogP contribution in [0, 0.1) is 5.92 Å². The van der Waals surface area contributed by atoms with Crippen LogP contribution in [0.15, 0.2) is 21.2 Å². The van der Waals surface area contributed by atoms with E-state index in [-0.39, 0.29) is 6.42 Å². The molecular weight excluding hydrogens is 262 g/mol. The van der Waals surface area contributed by atoms with Crippen LogP contribution in [0.3, 0.4) is 0 Å². The van der Waals surface area contributed by atoms with E-state index in [9.17, 15) is 4.79 Å². The van der Waals surface area contributed by atoms with Crippen LogP contribution in [0.1, 0.15) is 12.2 Å². The fraction of sp³-hybridized carbons (Fsp3) is 0.500. The number of furan rings is 1. The normalized spacial score (nSPS) is 17.7. The van der Waals surface area contributed by atoms with Crippen molar-refractivity contribution in [1.82, 2.24) is 4.90 Å². The van der Waals surface area contributed by atoms with Gasteiger partial charge in [-0.25, -0.2) is 0 Å². The Balaban J connectivity index is 1.77. The second-order valence-corrected chi connectivity index (χ2v) is 4.70. The minimum absolute atomic E-state index is 0.274. The molecule has 0 aromatic carbocycles. The molecule has 1 N–H and O–H groups in total. The van der Waals surface area contributed by atoms with Crippen molar-refractivity contribution < 1.29 is 14.3 Å². The van der Waals surface area contributed by atoms with E-state index in [0.717, 1.165) is 29.9 Å². The first-order chi connectivity index (χ1) is 7.15. The maximum atomic E-state index is 10.4. The lowest BCUT2D eigenvalue weighted by Crippen LogP contribution is -2.46.